The van der Waals surface area contributed by atoms with Crippen molar-refractivity contribution in [3.63, 3.8) is 0 Å². The lowest BCUT2D eigenvalue weighted by atomic mass is 10.3. The van der Waals surface area contributed by atoms with Gasteiger partial charge in [0.1, 0.15) is 0 Å². The Balaban J connectivity index is 3.12. The van der Waals surface area contributed by atoms with E-state index < -0.39 is 0 Å². The standard InChI is InChI=1S/C9H10O4/c1-11-7-4-3-5-8(12-2)9(7)13-6-10/h3-6H,1-2H3. The molecule has 0 saturated carbocycles. The van der Waals surface area contributed by atoms with Crippen molar-refractivity contribution in [1.82, 2.24) is 0 Å². The summed E-state index contributed by atoms with van der Waals surface area (Å²) in [5, 5.41) is 0. The summed E-state index contributed by atoms with van der Waals surface area (Å²) in [6, 6.07) is 5.11. The third-order valence-corrected chi connectivity index (χ3v) is 1.55. The van der Waals surface area contributed by atoms with Crippen LogP contribution in [0, 0.1) is 0 Å². The Morgan fingerprint density at radius 2 is 1.69 bits per heavy atom. The molecule has 70 valence electrons. The molecular formula is C9H10O4. The third-order valence-electron chi connectivity index (χ3n) is 1.55. The zero-order chi connectivity index (χ0) is 9.68. The summed E-state index contributed by atoms with van der Waals surface area (Å²) in [7, 11) is 2.98. The highest BCUT2D eigenvalue weighted by molar-refractivity contribution is 5.57. The van der Waals surface area contributed by atoms with E-state index >= 15 is 0 Å². The van der Waals surface area contributed by atoms with E-state index in [0.717, 1.165) is 0 Å². The Morgan fingerprint density at radius 3 is 2.08 bits per heavy atom. The largest absolute Gasteiger partial charge is 0.493 e. The molecular weight excluding hydrogens is 172 g/mol. The predicted molar refractivity (Wildman–Crippen MR) is 46.2 cm³/mol. The van der Waals surface area contributed by atoms with Crippen molar-refractivity contribution >= 4 is 6.47 Å². The normalized spacial score (nSPS) is 9.08. The van der Waals surface area contributed by atoms with Crippen LogP contribution in [-0.4, -0.2) is 20.7 Å². The van der Waals surface area contributed by atoms with Gasteiger partial charge in [-0.1, -0.05) is 6.07 Å². The molecule has 0 radical (unpaired) electrons. The van der Waals surface area contributed by atoms with Crippen LogP contribution in [0.2, 0.25) is 0 Å². The van der Waals surface area contributed by atoms with E-state index in [9.17, 15) is 4.79 Å². The monoisotopic (exact) mass is 182 g/mol. The second-order valence-electron chi connectivity index (χ2n) is 2.21. The molecule has 0 amide bonds. The maximum absolute atomic E-state index is 10.2. The van der Waals surface area contributed by atoms with Crippen molar-refractivity contribution in [2.45, 2.75) is 0 Å². The quantitative estimate of drug-likeness (QED) is 0.657. The molecule has 0 aliphatic heterocycles. The fourth-order valence-corrected chi connectivity index (χ4v) is 0.981. The summed E-state index contributed by atoms with van der Waals surface area (Å²) >= 11 is 0. The zero-order valence-electron chi connectivity index (χ0n) is 7.44. The van der Waals surface area contributed by atoms with E-state index in [1.807, 2.05) is 0 Å². The van der Waals surface area contributed by atoms with Crippen LogP contribution in [0.3, 0.4) is 0 Å². The van der Waals surface area contributed by atoms with Gasteiger partial charge in [0.25, 0.3) is 6.47 Å². The molecule has 0 unspecified atom stereocenters. The van der Waals surface area contributed by atoms with E-state index in [1.54, 1.807) is 18.2 Å². The highest BCUT2D eigenvalue weighted by Crippen LogP contribution is 2.36. The molecule has 0 atom stereocenters. The summed E-state index contributed by atoms with van der Waals surface area (Å²) < 4.78 is 14.7. The van der Waals surface area contributed by atoms with Crippen LogP contribution in [0.5, 0.6) is 17.2 Å². The molecule has 0 saturated heterocycles. The number of benzene rings is 1. The predicted octanol–water partition coefficient (Wildman–Crippen LogP) is 1.24. The third kappa shape index (κ3) is 1.90. The minimum Gasteiger partial charge on any atom is -0.493 e. The summed E-state index contributed by atoms with van der Waals surface area (Å²) in [5.74, 6) is 1.22. The molecule has 13 heavy (non-hydrogen) atoms. The lowest BCUT2D eigenvalue weighted by molar-refractivity contribution is -0.120. The first-order valence-corrected chi connectivity index (χ1v) is 3.64. The van der Waals surface area contributed by atoms with Crippen LogP contribution in [0.1, 0.15) is 0 Å². The van der Waals surface area contributed by atoms with Crippen LogP contribution in [0.4, 0.5) is 0 Å². The van der Waals surface area contributed by atoms with Crippen molar-refractivity contribution in [1.29, 1.82) is 0 Å². The summed E-state index contributed by atoms with van der Waals surface area (Å²) in [6.07, 6.45) is 0. The Hall–Kier alpha value is -1.71. The fraction of sp³-hybridized carbons (Fsp3) is 0.222. The van der Waals surface area contributed by atoms with Crippen LogP contribution in [-0.2, 0) is 4.79 Å². The van der Waals surface area contributed by atoms with Crippen molar-refractivity contribution in [3.05, 3.63) is 18.2 Å². The fourth-order valence-electron chi connectivity index (χ4n) is 0.981. The molecule has 1 rings (SSSR count). The number of para-hydroxylation sites is 1. The lowest BCUT2D eigenvalue weighted by Gasteiger charge is -2.09. The topological polar surface area (TPSA) is 44.8 Å². The average Bonchev–Trinajstić information content (AvgIpc) is 2.18. The molecule has 0 N–H and O–H groups in total. The highest BCUT2D eigenvalue weighted by Gasteiger charge is 2.10. The highest BCUT2D eigenvalue weighted by atomic mass is 16.6. The molecule has 1 aromatic rings. The molecule has 0 aromatic heterocycles. The van der Waals surface area contributed by atoms with Gasteiger partial charge in [0.05, 0.1) is 14.2 Å². The minimum atomic E-state index is 0.294. The number of methoxy groups -OCH3 is 2. The first-order valence-electron chi connectivity index (χ1n) is 3.64. The van der Waals surface area contributed by atoms with Gasteiger partial charge in [-0.15, -0.1) is 0 Å². The minimum absolute atomic E-state index is 0.294. The molecule has 0 spiro atoms. The van der Waals surface area contributed by atoms with Gasteiger partial charge in [0.2, 0.25) is 5.75 Å². The maximum Gasteiger partial charge on any atom is 0.298 e. The molecule has 4 nitrogen and oxygen atoms in total. The number of ether oxygens (including phenoxy) is 3. The maximum atomic E-state index is 10.2. The first-order chi connectivity index (χ1) is 6.33. The van der Waals surface area contributed by atoms with Gasteiger partial charge in [0.15, 0.2) is 11.5 Å². The van der Waals surface area contributed by atoms with Crippen molar-refractivity contribution in [3.8, 4) is 17.2 Å². The van der Waals surface area contributed by atoms with Gasteiger partial charge in [-0.2, -0.15) is 0 Å². The second-order valence-corrected chi connectivity index (χ2v) is 2.21. The zero-order valence-corrected chi connectivity index (χ0v) is 7.44. The van der Waals surface area contributed by atoms with Crippen LogP contribution >= 0.6 is 0 Å². The van der Waals surface area contributed by atoms with E-state index in [2.05, 4.69) is 0 Å². The second kappa shape index (κ2) is 4.35. The van der Waals surface area contributed by atoms with Crippen LogP contribution in [0.25, 0.3) is 0 Å². The van der Waals surface area contributed by atoms with E-state index in [1.165, 1.54) is 14.2 Å². The SMILES string of the molecule is COc1cccc(OC)c1OC=O. The Labute approximate surface area is 76.0 Å². The van der Waals surface area contributed by atoms with Crippen LogP contribution < -0.4 is 14.2 Å². The van der Waals surface area contributed by atoms with Gasteiger partial charge in [-0.25, -0.2) is 0 Å². The Bertz CT molecular complexity index is 273. The number of hydrogen-bond acceptors (Lipinski definition) is 4. The van der Waals surface area contributed by atoms with Crippen molar-refractivity contribution in [2.24, 2.45) is 0 Å². The Kier molecular flexibility index (Phi) is 3.14. The van der Waals surface area contributed by atoms with Gasteiger partial charge >= 0.3 is 0 Å². The molecule has 0 fully saturated rings. The smallest absolute Gasteiger partial charge is 0.298 e. The van der Waals surface area contributed by atoms with Crippen molar-refractivity contribution < 1.29 is 19.0 Å². The summed E-state index contributed by atoms with van der Waals surface area (Å²) in [6.45, 7) is 0.334. The van der Waals surface area contributed by atoms with Gasteiger partial charge in [-0.05, 0) is 12.1 Å². The number of rotatable bonds is 4. The summed E-state index contributed by atoms with van der Waals surface area (Å²) in [5.41, 5.74) is 0. The first kappa shape index (κ1) is 9.38. The molecule has 0 aliphatic rings. The Morgan fingerprint density at radius 1 is 1.15 bits per heavy atom. The molecule has 0 bridgehead atoms. The van der Waals surface area contributed by atoms with Gasteiger partial charge in [0, 0.05) is 0 Å². The number of carbonyl (C=O) groups excluding carboxylic acids is 1. The molecule has 4 heteroatoms. The van der Waals surface area contributed by atoms with E-state index in [-0.39, 0.29) is 0 Å². The van der Waals surface area contributed by atoms with E-state index in [4.69, 9.17) is 14.2 Å². The molecule has 0 aliphatic carbocycles. The lowest BCUT2D eigenvalue weighted by Crippen LogP contribution is -1.96. The van der Waals surface area contributed by atoms with Gasteiger partial charge in [-0.3, -0.25) is 4.79 Å². The summed E-state index contributed by atoms with van der Waals surface area (Å²) in [4.78, 5) is 10.2. The average molecular weight is 182 g/mol. The van der Waals surface area contributed by atoms with Crippen LogP contribution in [0.15, 0.2) is 18.2 Å². The molecule has 0 heterocycles. The number of carbonyl (C=O) groups is 1. The van der Waals surface area contributed by atoms with Gasteiger partial charge < -0.3 is 14.2 Å². The molecule has 1 aromatic carbocycles. The van der Waals surface area contributed by atoms with Crippen molar-refractivity contribution in [2.75, 3.05) is 14.2 Å². The number of hydrogen-bond donors (Lipinski definition) is 0. The van der Waals surface area contributed by atoms with E-state index in [0.29, 0.717) is 23.7 Å².